The van der Waals surface area contributed by atoms with Crippen LogP contribution in [0.15, 0.2) is 23.4 Å². The van der Waals surface area contributed by atoms with Crippen molar-refractivity contribution in [1.29, 1.82) is 0 Å². The minimum atomic E-state index is 0.0782. The van der Waals surface area contributed by atoms with Gasteiger partial charge in [0.1, 0.15) is 0 Å². The van der Waals surface area contributed by atoms with Gasteiger partial charge >= 0.3 is 0 Å². The Balaban J connectivity index is 2.18. The van der Waals surface area contributed by atoms with Gasteiger partial charge in [-0.3, -0.25) is 4.90 Å². The average Bonchev–Trinajstić information content (AvgIpc) is 2.47. The quantitative estimate of drug-likeness (QED) is 0.327. The minimum Gasteiger partial charge on any atom is -0.409 e. The standard InChI is InChI=1S/C13H19ClN4O2/c14-10-1-2-11(13(15)16-20)12(9-10)18-5-3-17(4-6-18)7-8-19/h1-2,9,19-20H,3-8H2,(H2,15,16). The minimum absolute atomic E-state index is 0.0782. The normalized spacial score (nSPS) is 17.5. The van der Waals surface area contributed by atoms with Crippen LogP contribution >= 0.6 is 11.6 Å². The predicted molar refractivity (Wildman–Crippen MR) is 79.7 cm³/mol. The molecule has 1 aromatic rings. The maximum atomic E-state index is 8.95. The molecule has 0 spiro atoms. The van der Waals surface area contributed by atoms with Crippen molar-refractivity contribution in [2.24, 2.45) is 10.9 Å². The molecular formula is C13H19ClN4O2. The van der Waals surface area contributed by atoms with Crippen LogP contribution in [-0.2, 0) is 0 Å². The van der Waals surface area contributed by atoms with E-state index in [9.17, 15) is 0 Å². The van der Waals surface area contributed by atoms with Gasteiger partial charge in [0.25, 0.3) is 0 Å². The zero-order valence-electron chi connectivity index (χ0n) is 11.2. The summed E-state index contributed by atoms with van der Waals surface area (Å²) in [6.07, 6.45) is 0. The number of anilines is 1. The number of rotatable bonds is 4. The Morgan fingerprint density at radius 2 is 2.00 bits per heavy atom. The molecule has 0 amide bonds. The largest absolute Gasteiger partial charge is 0.409 e. The van der Waals surface area contributed by atoms with Crippen molar-refractivity contribution in [3.8, 4) is 0 Å². The maximum Gasteiger partial charge on any atom is 0.172 e. The second-order valence-electron chi connectivity index (χ2n) is 4.70. The van der Waals surface area contributed by atoms with Crippen molar-refractivity contribution < 1.29 is 10.3 Å². The fraction of sp³-hybridized carbons (Fsp3) is 0.462. The van der Waals surface area contributed by atoms with Crippen LogP contribution in [0, 0.1) is 0 Å². The number of hydrogen-bond acceptors (Lipinski definition) is 5. The molecule has 1 saturated heterocycles. The summed E-state index contributed by atoms with van der Waals surface area (Å²) in [7, 11) is 0. The molecule has 0 bridgehead atoms. The number of aliphatic hydroxyl groups excluding tert-OH is 1. The monoisotopic (exact) mass is 298 g/mol. The van der Waals surface area contributed by atoms with Crippen LogP contribution in [0.2, 0.25) is 5.02 Å². The highest BCUT2D eigenvalue weighted by Gasteiger charge is 2.20. The van der Waals surface area contributed by atoms with Gasteiger partial charge in [0.2, 0.25) is 0 Å². The lowest BCUT2D eigenvalue weighted by Gasteiger charge is -2.36. The second-order valence-corrected chi connectivity index (χ2v) is 5.14. The summed E-state index contributed by atoms with van der Waals surface area (Å²) >= 11 is 6.05. The van der Waals surface area contributed by atoms with E-state index in [0.29, 0.717) is 17.1 Å². The molecule has 20 heavy (non-hydrogen) atoms. The van der Waals surface area contributed by atoms with Gasteiger partial charge in [0, 0.05) is 49.0 Å². The lowest BCUT2D eigenvalue weighted by molar-refractivity contribution is 0.189. The molecule has 110 valence electrons. The highest BCUT2D eigenvalue weighted by molar-refractivity contribution is 6.31. The molecule has 1 aliphatic heterocycles. The van der Waals surface area contributed by atoms with Crippen molar-refractivity contribution in [3.63, 3.8) is 0 Å². The third-order valence-electron chi connectivity index (χ3n) is 3.47. The van der Waals surface area contributed by atoms with Gasteiger partial charge < -0.3 is 20.9 Å². The summed E-state index contributed by atoms with van der Waals surface area (Å²) < 4.78 is 0. The zero-order valence-corrected chi connectivity index (χ0v) is 11.9. The van der Waals surface area contributed by atoms with Crippen molar-refractivity contribution in [1.82, 2.24) is 4.90 Å². The van der Waals surface area contributed by atoms with Crippen molar-refractivity contribution in [3.05, 3.63) is 28.8 Å². The first-order valence-electron chi connectivity index (χ1n) is 6.51. The summed E-state index contributed by atoms with van der Waals surface area (Å²) in [5.41, 5.74) is 7.26. The predicted octanol–water partition coefficient (Wildman–Crippen LogP) is 0.549. The number of nitrogens with two attached hydrogens (primary N) is 1. The molecule has 0 aliphatic carbocycles. The van der Waals surface area contributed by atoms with E-state index in [1.54, 1.807) is 12.1 Å². The second kappa shape index (κ2) is 6.78. The summed E-state index contributed by atoms with van der Waals surface area (Å²) in [6, 6.07) is 5.31. The highest BCUT2D eigenvalue weighted by Crippen LogP contribution is 2.26. The number of amidine groups is 1. The van der Waals surface area contributed by atoms with E-state index in [4.69, 9.17) is 27.6 Å². The summed E-state index contributed by atoms with van der Waals surface area (Å²) in [5.74, 6) is 0.0782. The molecule has 1 heterocycles. The number of oxime groups is 1. The van der Waals surface area contributed by atoms with Gasteiger partial charge in [-0.1, -0.05) is 16.8 Å². The van der Waals surface area contributed by atoms with E-state index in [1.807, 2.05) is 6.07 Å². The molecule has 4 N–H and O–H groups in total. The van der Waals surface area contributed by atoms with Crippen LogP contribution in [0.5, 0.6) is 0 Å². The molecule has 7 heteroatoms. The number of nitrogens with zero attached hydrogens (tertiary/aromatic N) is 3. The molecule has 2 rings (SSSR count). The van der Waals surface area contributed by atoms with Crippen LogP contribution in [0.3, 0.4) is 0 Å². The van der Waals surface area contributed by atoms with Crippen molar-refractivity contribution in [2.45, 2.75) is 0 Å². The molecule has 1 aliphatic rings. The number of halogens is 1. The Labute approximate surface area is 123 Å². The summed E-state index contributed by atoms with van der Waals surface area (Å²) in [5, 5.41) is 21.5. The molecule has 6 nitrogen and oxygen atoms in total. The van der Waals surface area contributed by atoms with Gasteiger partial charge in [-0.25, -0.2) is 0 Å². The van der Waals surface area contributed by atoms with E-state index in [0.717, 1.165) is 31.9 Å². The third-order valence-corrected chi connectivity index (χ3v) is 3.71. The lowest BCUT2D eigenvalue weighted by atomic mass is 10.1. The van der Waals surface area contributed by atoms with E-state index in [2.05, 4.69) is 15.0 Å². The van der Waals surface area contributed by atoms with Gasteiger partial charge in [-0.2, -0.15) is 0 Å². The Morgan fingerprint density at radius 3 is 2.60 bits per heavy atom. The van der Waals surface area contributed by atoms with E-state index in [1.165, 1.54) is 0 Å². The Hall–Kier alpha value is -1.50. The smallest absolute Gasteiger partial charge is 0.172 e. The topological polar surface area (TPSA) is 85.3 Å². The fourth-order valence-corrected chi connectivity index (χ4v) is 2.56. The number of aliphatic hydroxyl groups is 1. The number of β-amino-alcohol motifs (C(OH)–C–C–N with tert-alkyl or cyclic N) is 1. The van der Waals surface area contributed by atoms with E-state index in [-0.39, 0.29) is 12.4 Å². The van der Waals surface area contributed by atoms with Crippen LogP contribution in [0.25, 0.3) is 0 Å². The lowest BCUT2D eigenvalue weighted by Crippen LogP contribution is -2.47. The molecule has 0 saturated carbocycles. The highest BCUT2D eigenvalue weighted by atomic mass is 35.5. The summed E-state index contributed by atoms with van der Waals surface area (Å²) in [6.45, 7) is 4.21. The number of hydrogen-bond donors (Lipinski definition) is 3. The SMILES string of the molecule is NC(=NO)c1ccc(Cl)cc1N1CCN(CCO)CC1. The Bertz CT molecular complexity index is 487. The molecule has 0 atom stereocenters. The first-order chi connectivity index (χ1) is 9.65. The van der Waals surface area contributed by atoms with Crippen LogP contribution in [0.4, 0.5) is 5.69 Å². The van der Waals surface area contributed by atoms with Gasteiger partial charge in [-0.15, -0.1) is 0 Å². The Kier molecular flexibility index (Phi) is 5.05. The number of benzene rings is 1. The third kappa shape index (κ3) is 3.33. The molecule has 0 aromatic heterocycles. The zero-order chi connectivity index (χ0) is 14.5. The Morgan fingerprint density at radius 1 is 1.30 bits per heavy atom. The number of piperazine rings is 1. The maximum absolute atomic E-state index is 8.95. The van der Waals surface area contributed by atoms with Crippen LogP contribution in [-0.4, -0.2) is 60.4 Å². The van der Waals surface area contributed by atoms with Crippen molar-refractivity contribution >= 4 is 23.1 Å². The van der Waals surface area contributed by atoms with Crippen LogP contribution in [0.1, 0.15) is 5.56 Å². The van der Waals surface area contributed by atoms with Crippen LogP contribution < -0.4 is 10.6 Å². The first-order valence-corrected chi connectivity index (χ1v) is 6.89. The fourth-order valence-electron chi connectivity index (χ4n) is 2.39. The molecule has 0 unspecified atom stereocenters. The van der Waals surface area contributed by atoms with Gasteiger partial charge in [-0.05, 0) is 18.2 Å². The van der Waals surface area contributed by atoms with E-state index >= 15 is 0 Å². The summed E-state index contributed by atoms with van der Waals surface area (Å²) in [4.78, 5) is 4.36. The molecule has 0 radical (unpaired) electrons. The van der Waals surface area contributed by atoms with Gasteiger partial charge in [0.05, 0.1) is 6.61 Å². The molecule has 1 fully saturated rings. The van der Waals surface area contributed by atoms with E-state index < -0.39 is 0 Å². The van der Waals surface area contributed by atoms with Crippen molar-refractivity contribution in [2.75, 3.05) is 44.2 Å². The van der Waals surface area contributed by atoms with Gasteiger partial charge in [0.15, 0.2) is 5.84 Å². The average molecular weight is 299 g/mol. The molecule has 1 aromatic carbocycles. The molecular weight excluding hydrogens is 280 g/mol. The first kappa shape index (κ1) is 14.9.